The SMILES string of the molecule is CC(O)[C]1[CH][CH][CH][C]1P(c1ccccc1)c1ccccc1. The van der Waals surface area contributed by atoms with Gasteiger partial charge in [-0.3, -0.25) is 0 Å². The van der Waals surface area contributed by atoms with Gasteiger partial charge < -0.3 is 5.11 Å². The molecule has 1 unspecified atom stereocenters. The van der Waals surface area contributed by atoms with Crippen LogP contribution in [0.25, 0.3) is 0 Å². The third kappa shape index (κ3) is 3.20. The highest BCUT2D eigenvalue weighted by molar-refractivity contribution is 7.76. The molecule has 2 aromatic carbocycles. The molecule has 2 aromatic rings. The third-order valence-corrected chi connectivity index (χ3v) is 6.06. The summed E-state index contributed by atoms with van der Waals surface area (Å²) in [5, 5.41) is 12.7. The van der Waals surface area contributed by atoms with Gasteiger partial charge >= 0.3 is 0 Å². The molecule has 105 valence electrons. The molecular formula is C19H18OP. The zero-order chi connectivity index (χ0) is 14.7. The Balaban J connectivity index is 2.01. The maximum Gasteiger partial charge on any atom is 0.0587 e. The molecule has 3 rings (SSSR count). The normalized spacial score (nSPS) is 18.2. The molecule has 1 nitrogen and oxygen atoms in total. The molecule has 5 radical (unpaired) electrons. The molecule has 0 saturated heterocycles. The minimum atomic E-state index is -0.622. The number of aliphatic hydroxyl groups is 1. The molecular weight excluding hydrogens is 275 g/mol. The smallest absolute Gasteiger partial charge is 0.0587 e. The van der Waals surface area contributed by atoms with E-state index in [0.29, 0.717) is 0 Å². The maximum absolute atomic E-state index is 10.0. The lowest BCUT2D eigenvalue weighted by atomic mass is 10.0. The average molecular weight is 293 g/mol. The largest absolute Gasteiger partial charge is 0.393 e. The van der Waals surface area contributed by atoms with E-state index < -0.39 is 14.0 Å². The molecule has 1 aliphatic carbocycles. The van der Waals surface area contributed by atoms with Crippen LogP contribution in [-0.2, 0) is 0 Å². The second kappa shape index (κ2) is 6.73. The Morgan fingerprint density at radius 2 is 1.33 bits per heavy atom. The third-order valence-electron chi connectivity index (χ3n) is 3.55. The van der Waals surface area contributed by atoms with Gasteiger partial charge in [-0.1, -0.05) is 60.7 Å². The number of hydrogen-bond acceptors (Lipinski definition) is 1. The Bertz CT molecular complexity index is 513. The first-order chi connectivity index (χ1) is 10.3. The van der Waals surface area contributed by atoms with E-state index in [2.05, 4.69) is 55.0 Å². The van der Waals surface area contributed by atoms with E-state index in [1.54, 1.807) is 0 Å². The monoisotopic (exact) mass is 293 g/mol. The van der Waals surface area contributed by atoms with Crippen LogP contribution in [0.15, 0.2) is 60.7 Å². The minimum absolute atomic E-state index is 0.438. The van der Waals surface area contributed by atoms with E-state index in [4.69, 9.17) is 0 Å². The van der Waals surface area contributed by atoms with Crippen molar-refractivity contribution in [2.45, 2.75) is 13.0 Å². The topological polar surface area (TPSA) is 20.2 Å². The lowest BCUT2D eigenvalue weighted by Gasteiger charge is -2.30. The summed E-state index contributed by atoms with van der Waals surface area (Å²) < 4.78 is 0. The summed E-state index contributed by atoms with van der Waals surface area (Å²) in [6, 6.07) is 21.1. The van der Waals surface area contributed by atoms with Gasteiger partial charge in [0.2, 0.25) is 0 Å². The molecule has 0 bridgehead atoms. The van der Waals surface area contributed by atoms with Crippen LogP contribution in [0, 0.1) is 30.8 Å². The van der Waals surface area contributed by atoms with Crippen molar-refractivity contribution >= 4 is 18.5 Å². The molecule has 1 saturated carbocycles. The van der Waals surface area contributed by atoms with Crippen molar-refractivity contribution in [3.05, 3.63) is 91.5 Å². The number of aliphatic hydroxyl groups excluding tert-OH is 1. The minimum Gasteiger partial charge on any atom is -0.393 e. The lowest BCUT2D eigenvalue weighted by molar-refractivity contribution is 0.215. The molecule has 1 N–H and O–H groups in total. The Kier molecular flexibility index (Phi) is 4.73. The van der Waals surface area contributed by atoms with Crippen LogP contribution in [0.3, 0.4) is 0 Å². The zero-order valence-corrected chi connectivity index (χ0v) is 12.9. The van der Waals surface area contributed by atoms with E-state index in [0.717, 1.165) is 5.92 Å². The summed E-state index contributed by atoms with van der Waals surface area (Å²) in [6.45, 7) is 1.84. The van der Waals surface area contributed by atoms with E-state index in [9.17, 15) is 5.11 Å². The number of hydrogen-bond donors (Lipinski definition) is 1. The quantitative estimate of drug-likeness (QED) is 0.858. The molecule has 21 heavy (non-hydrogen) atoms. The summed E-state index contributed by atoms with van der Waals surface area (Å²) in [6.07, 6.45) is 5.78. The van der Waals surface area contributed by atoms with E-state index in [1.807, 2.05) is 31.9 Å². The van der Waals surface area contributed by atoms with Crippen LogP contribution in [0.5, 0.6) is 0 Å². The second-order valence-electron chi connectivity index (χ2n) is 5.05. The highest BCUT2D eigenvalue weighted by Gasteiger charge is 2.39. The van der Waals surface area contributed by atoms with Crippen LogP contribution in [-0.4, -0.2) is 11.2 Å². The first-order valence-corrected chi connectivity index (χ1v) is 8.45. The highest BCUT2D eigenvalue weighted by atomic mass is 31.1. The highest BCUT2D eigenvalue weighted by Crippen LogP contribution is 2.56. The fourth-order valence-electron chi connectivity index (χ4n) is 2.56. The first-order valence-electron chi connectivity index (χ1n) is 7.11. The lowest BCUT2D eigenvalue weighted by Crippen LogP contribution is -2.23. The summed E-state index contributed by atoms with van der Waals surface area (Å²) in [5.74, 6) is 1.04. The van der Waals surface area contributed by atoms with Crippen molar-refractivity contribution in [1.82, 2.24) is 0 Å². The summed E-state index contributed by atoms with van der Waals surface area (Å²) in [5.41, 5.74) is 1.25. The number of rotatable bonds is 4. The summed E-state index contributed by atoms with van der Waals surface area (Å²) >= 11 is 0. The first kappa shape index (κ1) is 14.8. The van der Waals surface area contributed by atoms with Crippen molar-refractivity contribution in [1.29, 1.82) is 0 Å². The maximum atomic E-state index is 10.0. The van der Waals surface area contributed by atoms with Gasteiger partial charge in [-0.05, 0) is 44.7 Å². The van der Waals surface area contributed by atoms with Crippen molar-refractivity contribution in [3.8, 4) is 0 Å². The van der Waals surface area contributed by atoms with Crippen LogP contribution in [0.4, 0.5) is 0 Å². The summed E-state index contributed by atoms with van der Waals surface area (Å²) in [4.78, 5) is 0. The van der Waals surface area contributed by atoms with Gasteiger partial charge in [0, 0.05) is 11.6 Å². The second-order valence-corrected chi connectivity index (χ2v) is 7.23. The van der Waals surface area contributed by atoms with Crippen molar-refractivity contribution in [3.63, 3.8) is 0 Å². The van der Waals surface area contributed by atoms with Crippen LogP contribution in [0.2, 0.25) is 0 Å². The van der Waals surface area contributed by atoms with Gasteiger partial charge in [0.25, 0.3) is 0 Å². The van der Waals surface area contributed by atoms with Crippen LogP contribution >= 0.6 is 7.92 Å². The molecule has 0 amide bonds. The molecule has 1 aliphatic rings. The van der Waals surface area contributed by atoms with Crippen molar-refractivity contribution < 1.29 is 5.11 Å². The average Bonchev–Trinajstić information content (AvgIpc) is 2.99. The van der Waals surface area contributed by atoms with Gasteiger partial charge in [0.1, 0.15) is 0 Å². The Hall–Kier alpha value is -1.17. The fourth-order valence-corrected chi connectivity index (χ4v) is 5.11. The Morgan fingerprint density at radius 1 is 0.810 bits per heavy atom. The van der Waals surface area contributed by atoms with Gasteiger partial charge in [0.05, 0.1) is 6.10 Å². The summed E-state index contributed by atoms with van der Waals surface area (Å²) in [7, 11) is -0.622. The fraction of sp³-hybridized carbons (Fsp3) is 0.105. The molecule has 2 heteroatoms. The predicted molar refractivity (Wildman–Crippen MR) is 90.1 cm³/mol. The number of benzene rings is 2. The molecule has 0 spiro atoms. The standard InChI is InChI=1S/C19H18OP/c1-15(20)18-13-8-14-19(18)21(16-9-4-2-5-10-16)17-11-6-3-7-12-17/h2-15,20H,1H3. The molecule has 0 aliphatic heterocycles. The molecule has 0 aromatic heterocycles. The van der Waals surface area contributed by atoms with Gasteiger partial charge in [-0.2, -0.15) is 0 Å². The molecule has 0 heterocycles. The predicted octanol–water partition coefficient (Wildman–Crippen LogP) is 3.23. The molecule has 1 fully saturated rings. The van der Waals surface area contributed by atoms with Crippen molar-refractivity contribution in [2.75, 3.05) is 0 Å². The van der Waals surface area contributed by atoms with E-state index in [1.165, 1.54) is 16.3 Å². The van der Waals surface area contributed by atoms with E-state index >= 15 is 0 Å². The van der Waals surface area contributed by atoms with E-state index in [-0.39, 0.29) is 0 Å². The molecule has 1 atom stereocenters. The van der Waals surface area contributed by atoms with Crippen LogP contribution < -0.4 is 10.6 Å². The van der Waals surface area contributed by atoms with Crippen LogP contribution in [0.1, 0.15) is 6.92 Å². The zero-order valence-electron chi connectivity index (χ0n) is 12.0. The van der Waals surface area contributed by atoms with Gasteiger partial charge in [0.15, 0.2) is 0 Å². The Morgan fingerprint density at radius 3 is 1.81 bits per heavy atom. The Labute approximate surface area is 128 Å². The van der Waals surface area contributed by atoms with Gasteiger partial charge in [-0.25, -0.2) is 0 Å². The van der Waals surface area contributed by atoms with Crippen molar-refractivity contribution in [2.24, 2.45) is 0 Å². The van der Waals surface area contributed by atoms with Gasteiger partial charge in [-0.15, -0.1) is 0 Å².